The fourth-order valence-electron chi connectivity index (χ4n) is 2.89. The first kappa shape index (κ1) is 20.7. The van der Waals surface area contributed by atoms with Gasteiger partial charge < -0.3 is 15.2 Å². The Bertz CT molecular complexity index is 854. The molecule has 0 saturated carbocycles. The number of halogens is 1. The first-order valence-electron chi connectivity index (χ1n) is 8.63. The maximum atomic E-state index is 4.79. The van der Waals surface area contributed by atoms with E-state index < -0.39 is 0 Å². The molecule has 2 heterocycles. The van der Waals surface area contributed by atoms with Gasteiger partial charge in [0.2, 0.25) is 0 Å². The number of para-hydroxylation sites is 1. The van der Waals surface area contributed by atoms with Crippen molar-refractivity contribution in [2.75, 3.05) is 20.1 Å². The summed E-state index contributed by atoms with van der Waals surface area (Å²) in [5, 5.41) is 7.87. The van der Waals surface area contributed by atoms with Crippen molar-refractivity contribution in [3.05, 3.63) is 52.1 Å². The fourth-order valence-corrected chi connectivity index (χ4v) is 3.49. The Kier molecular flexibility index (Phi) is 7.89. The topological polar surface area (TPSA) is 56.3 Å². The van der Waals surface area contributed by atoms with Gasteiger partial charge in [0, 0.05) is 42.6 Å². The predicted octanol–water partition coefficient (Wildman–Crippen LogP) is 4.19. The molecular weight excluding hydrogens is 457 g/mol. The fraction of sp³-hybridized carbons (Fsp3) is 0.368. The van der Waals surface area contributed by atoms with Crippen LogP contribution in [0.3, 0.4) is 0 Å². The molecule has 0 atom stereocenters. The molecule has 7 heteroatoms. The second-order valence-electron chi connectivity index (χ2n) is 6.06. The number of guanidine groups is 1. The highest BCUT2D eigenvalue weighted by molar-refractivity contribution is 14.0. The number of H-pyrrole nitrogens is 1. The Balaban J connectivity index is 0.00000243. The van der Waals surface area contributed by atoms with Gasteiger partial charge in [-0.05, 0) is 31.9 Å². The molecule has 140 valence electrons. The van der Waals surface area contributed by atoms with Crippen molar-refractivity contribution >= 4 is 52.2 Å². The van der Waals surface area contributed by atoms with Crippen LogP contribution in [0.25, 0.3) is 10.9 Å². The van der Waals surface area contributed by atoms with E-state index in [9.17, 15) is 0 Å². The summed E-state index contributed by atoms with van der Waals surface area (Å²) in [6.45, 7) is 6.50. The van der Waals surface area contributed by atoms with Crippen molar-refractivity contribution in [3.8, 4) is 0 Å². The van der Waals surface area contributed by atoms with Crippen LogP contribution in [0.4, 0.5) is 0 Å². The maximum Gasteiger partial charge on any atom is 0.194 e. The molecule has 2 N–H and O–H groups in total. The minimum Gasteiger partial charge on any atom is -0.361 e. The Hall–Kier alpha value is -1.61. The molecule has 0 bridgehead atoms. The minimum absolute atomic E-state index is 0. The van der Waals surface area contributed by atoms with Crippen LogP contribution in [0.5, 0.6) is 0 Å². The molecule has 0 saturated heterocycles. The summed E-state index contributed by atoms with van der Waals surface area (Å²) in [4.78, 5) is 14.8. The van der Waals surface area contributed by atoms with E-state index in [1.165, 1.54) is 16.5 Å². The highest BCUT2D eigenvalue weighted by Gasteiger charge is 2.09. The number of aromatic nitrogens is 2. The number of aryl methyl sites for hydroxylation is 1. The predicted molar refractivity (Wildman–Crippen MR) is 122 cm³/mol. The smallest absolute Gasteiger partial charge is 0.194 e. The monoisotopic (exact) mass is 483 g/mol. The van der Waals surface area contributed by atoms with Crippen LogP contribution in [0, 0.1) is 6.92 Å². The summed E-state index contributed by atoms with van der Waals surface area (Å²) in [6.07, 6.45) is 3.01. The van der Waals surface area contributed by atoms with Crippen molar-refractivity contribution in [1.29, 1.82) is 0 Å². The first-order chi connectivity index (χ1) is 12.2. The number of fused-ring (bicyclic) bond motifs is 1. The molecule has 0 radical (unpaired) electrons. The van der Waals surface area contributed by atoms with Gasteiger partial charge in [0.1, 0.15) is 0 Å². The van der Waals surface area contributed by atoms with E-state index in [4.69, 9.17) is 4.99 Å². The van der Waals surface area contributed by atoms with E-state index in [0.717, 1.165) is 42.7 Å². The van der Waals surface area contributed by atoms with Crippen LogP contribution in [0.2, 0.25) is 0 Å². The molecule has 0 spiro atoms. The summed E-state index contributed by atoms with van der Waals surface area (Å²) >= 11 is 1.69. The molecule has 0 unspecified atom stereocenters. The zero-order chi connectivity index (χ0) is 17.6. The third-order valence-corrected chi connectivity index (χ3v) is 4.90. The molecule has 0 aliphatic carbocycles. The molecule has 1 aromatic carbocycles. The standard InChI is InChI=1S/C19H25N5S.HI/c1-4-20-19(24(3)12-16-13-25-14(2)23-16)21-10-9-15-11-22-18-8-6-5-7-17(15)18;/h5-8,11,13,22H,4,9-10,12H2,1-3H3,(H,20,21);1H. The molecular formula is C19H26IN5S. The number of thiazole rings is 1. The van der Waals surface area contributed by atoms with Gasteiger partial charge in [-0.2, -0.15) is 0 Å². The average Bonchev–Trinajstić information content (AvgIpc) is 3.20. The van der Waals surface area contributed by atoms with Crippen LogP contribution in [0.1, 0.15) is 23.2 Å². The largest absolute Gasteiger partial charge is 0.361 e. The van der Waals surface area contributed by atoms with Crippen LogP contribution >= 0.6 is 35.3 Å². The summed E-state index contributed by atoms with van der Waals surface area (Å²) in [5.41, 5.74) is 3.59. The molecule has 26 heavy (non-hydrogen) atoms. The zero-order valence-corrected chi connectivity index (χ0v) is 18.6. The quantitative estimate of drug-likeness (QED) is 0.314. The molecule has 5 nitrogen and oxygen atoms in total. The van der Waals surface area contributed by atoms with Gasteiger partial charge in [-0.3, -0.25) is 4.99 Å². The van der Waals surface area contributed by atoms with Gasteiger partial charge in [0.15, 0.2) is 5.96 Å². The molecule has 0 amide bonds. The Labute approximate surface area is 176 Å². The molecule has 3 rings (SSSR count). The first-order valence-corrected chi connectivity index (χ1v) is 9.50. The van der Waals surface area contributed by atoms with Crippen molar-refractivity contribution in [1.82, 2.24) is 20.2 Å². The van der Waals surface area contributed by atoms with Gasteiger partial charge in [0.05, 0.1) is 17.2 Å². The average molecular weight is 483 g/mol. The number of aliphatic imine (C=N–C) groups is 1. The van der Waals surface area contributed by atoms with Crippen LogP contribution < -0.4 is 5.32 Å². The van der Waals surface area contributed by atoms with E-state index >= 15 is 0 Å². The van der Waals surface area contributed by atoms with Gasteiger partial charge in [0.25, 0.3) is 0 Å². The van der Waals surface area contributed by atoms with Crippen LogP contribution in [-0.2, 0) is 13.0 Å². The molecule has 0 aliphatic rings. The van der Waals surface area contributed by atoms with Gasteiger partial charge in [-0.1, -0.05) is 18.2 Å². The van der Waals surface area contributed by atoms with Crippen molar-refractivity contribution in [2.24, 2.45) is 4.99 Å². The normalized spacial score (nSPS) is 11.4. The molecule has 2 aromatic heterocycles. The van der Waals surface area contributed by atoms with Crippen LogP contribution in [-0.4, -0.2) is 41.0 Å². The van der Waals surface area contributed by atoms with Crippen molar-refractivity contribution < 1.29 is 0 Å². The Morgan fingerprint density at radius 3 is 2.88 bits per heavy atom. The van der Waals surface area contributed by atoms with Crippen LogP contribution in [0.15, 0.2) is 40.8 Å². The Morgan fingerprint density at radius 1 is 1.35 bits per heavy atom. The minimum atomic E-state index is 0. The number of nitrogens with zero attached hydrogens (tertiary/aromatic N) is 3. The van der Waals surface area contributed by atoms with Gasteiger partial charge in [-0.15, -0.1) is 35.3 Å². The molecule has 0 fully saturated rings. The SMILES string of the molecule is CCNC(=NCCc1c[nH]c2ccccc12)N(C)Cc1csc(C)n1.I. The number of rotatable bonds is 6. The van der Waals surface area contributed by atoms with E-state index in [-0.39, 0.29) is 24.0 Å². The van der Waals surface area contributed by atoms with E-state index in [0.29, 0.717) is 0 Å². The summed E-state index contributed by atoms with van der Waals surface area (Å²) < 4.78 is 0. The van der Waals surface area contributed by atoms with E-state index in [1.807, 2.05) is 6.92 Å². The number of nitrogens with one attached hydrogen (secondary N) is 2. The van der Waals surface area contributed by atoms with Gasteiger partial charge in [-0.25, -0.2) is 4.98 Å². The lowest BCUT2D eigenvalue weighted by Crippen LogP contribution is -2.38. The Morgan fingerprint density at radius 2 is 2.15 bits per heavy atom. The lowest BCUT2D eigenvalue weighted by atomic mass is 10.1. The van der Waals surface area contributed by atoms with E-state index in [2.05, 4.69) is 70.0 Å². The summed E-state index contributed by atoms with van der Waals surface area (Å²) in [6, 6.07) is 8.40. The third kappa shape index (κ3) is 5.20. The summed E-state index contributed by atoms with van der Waals surface area (Å²) in [7, 11) is 2.06. The number of hydrogen-bond donors (Lipinski definition) is 2. The lowest BCUT2D eigenvalue weighted by Gasteiger charge is -2.21. The van der Waals surface area contributed by atoms with E-state index in [1.54, 1.807) is 11.3 Å². The second kappa shape index (κ2) is 9.91. The highest BCUT2D eigenvalue weighted by Crippen LogP contribution is 2.18. The maximum absolute atomic E-state index is 4.79. The number of benzene rings is 1. The van der Waals surface area contributed by atoms with Gasteiger partial charge >= 0.3 is 0 Å². The van der Waals surface area contributed by atoms with Crippen molar-refractivity contribution in [3.63, 3.8) is 0 Å². The number of aromatic amines is 1. The molecule has 3 aromatic rings. The second-order valence-corrected chi connectivity index (χ2v) is 7.12. The number of hydrogen-bond acceptors (Lipinski definition) is 3. The summed E-state index contributed by atoms with van der Waals surface area (Å²) in [5.74, 6) is 0.924. The zero-order valence-electron chi connectivity index (χ0n) is 15.5. The third-order valence-electron chi connectivity index (χ3n) is 4.08. The molecule has 0 aliphatic heterocycles. The lowest BCUT2D eigenvalue weighted by molar-refractivity contribution is 0.471. The van der Waals surface area contributed by atoms with Crippen molar-refractivity contribution in [2.45, 2.75) is 26.8 Å². The highest BCUT2D eigenvalue weighted by atomic mass is 127.